The van der Waals surface area contributed by atoms with Crippen LogP contribution in [-0.2, 0) is 6.42 Å². The molecule has 0 radical (unpaired) electrons. The highest BCUT2D eigenvalue weighted by molar-refractivity contribution is 5.39. The molecule has 0 N–H and O–H groups in total. The van der Waals surface area contributed by atoms with Crippen molar-refractivity contribution in [3.05, 3.63) is 46.4 Å². The first kappa shape index (κ1) is 10.6. The molecule has 2 heterocycles. The number of hydrogen-bond donors (Lipinski definition) is 0. The summed E-state index contributed by atoms with van der Waals surface area (Å²) >= 11 is 0. The Balaban J connectivity index is 2.38. The van der Waals surface area contributed by atoms with Crippen LogP contribution in [0.25, 0.3) is 5.65 Å². The Bertz CT molecular complexity index is 531. The van der Waals surface area contributed by atoms with Gasteiger partial charge < -0.3 is 4.40 Å². The third kappa shape index (κ3) is 1.76. The number of fused-ring (bicyclic) bond motifs is 1. The normalized spacial score (nSPS) is 11.9. The number of nitro groups is 1. The van der Waals surface area contributed by atoms with Crippen molar-refractivity contribution in [2.24, 2.45) is 0 Å². The smallest absolute Gasteiger partial charge is 0.222 e. The Hall–Kier alpha value is -1.91. The van der Waals surface area contributed by atoms with Crippen LogP contribution in [0.1, 0.15) is 19.5 Å². The molecule has 0 saturated carbocycles. The zero-order valence-electron chi connectivity index (χ0n) is 9.25. The average molecular weight is 219 g/mol. The van der Waals surface area contributed by atoms with Gasteiger partial charge >= 0.3 is 0 Å². The maximum Gasteiger partial charge on any atom is 0.222 e. The van der Waals surface area contributed by atoms with Crippen molar-refractivity contribution in [2.45, 2.75) is 25.8 Å². The summed E-state index contributed by atoms with van der Waals surface area (Å²) in [6.07, 6.45) is 3.93. The molecule has 0 unspecified atom stereocenters. The maximum absolute atomic E-state index is 10.9. The van der Waals surface area contributed by atoms with Crippen LogP contribution in [-0.4, -0.2) is 19.8 Å². The second-order valence-electron chi connectivity index (χ2n) is 4.42. The first-order valence-corrected chi connectivity index (χ1v) is 5.06. The van der Waals surface area contributed by atoms with Crippen molar-refractivity contribution >= 4 is 5.65 Å². The van der Waals surface area contributed by atoms with Gasteiger partial charge in [-0.3, -0.25) is 10.1 Å². The highest BCUT2D eigenvalue weighted by Crippen LogP contribution is 2.17. The van der Waals surface area contributed by atoms with Crippen LogP contribution in [0.5, 0.6) is 0 Å². The molecule has 5 nitrogen and oxygen atoms in total. The minimum absolute atomic E-state index is 0.255. The summed E-state index contributed by atoms with van der Waals surface area (Å²) in [7, 11) is 0. The maximum atomic E-state index is 10.9. The topological polar surface area (TPSA) is 60.4 Å². The summed E-state index contributed by atoms with van der Waals surface area (Å²) in [6.45, 7) is 3.24. The Morgan fingerprint density at radius 2 is 2.25 bits per heavy atom. The van der Waals surface area contributed by atoms with Gasteiger partial charge in [0.25, 0.3) is 0 Å². The monoisotopic (exact) mass is 219 g/mol. The van der Waals surface area contributed by atoms with E-state index in [9.17, 15) is 10.1 Å². The van der Waals surface area contributed by atoms with Crippen molar-refractivity contribution in [3.63, 3.8) is 0 Å². The van der Waals surface area contributed by atoms with Gasteiger partial charge in [0.15, 0.2) is 0 Å². The first-order chi connectivity index (χ1) is 7.50. The van der Waals surface area contributed by atoms with Crippen molar-refractivity contribution < 1.29 is 4.92 Å². The number of aromatic nitrogens is 2. The van der Waals surface area contributed by atoms with Gasteiger partial charge in [0, 0.05) is 36.9 Å². The largest absolute Gasteiger partial charge is 0.304 e. The SMILES string of the molecule is CC(C)(Cc1cnc2ccccn12)[N+](=O)[O-]. The first-order valence-electron chi connectivity index (χ1n) is 5.06. The Labute approximate surface area is 92.9 Å². The van der Waals surface area contributed by atoms with E-state index >= 15 is 0 Å². The highest BCUT2D eigenvalue weighted by Gasteiger charge is 2.32. The van der Waals surface area contributed by atoms with Crippen LogP contribution in [0.3, 0.4) is 0 Å². The molecule has 5 heteroatoms. The molecule has 16 heavy (non-hydrogen) atoms. The second-order valence-corrected chi connectivity index (χ2v) is 4.42. The predicted octanol–water partition coefficient (Wildman–Crippen LogP) is 1.93. The summed E-state index contributed by atoms with van der Waals surface area (Å²) in [6, 6.07) is 5.66. The quantitative estimate of drug-likeness (QED) is 0.585. The Morgan fingerprint density at radius 1 is 1.50 bits per heavy atom. The third-order valence-corrected chi connectivity index (χ3v) is 2.60. The van der Waals surface area contributed by atoms with Crippen LogP contribution in [0.15, 0.2) is 30.6 Å². The number of rotatable bonds is 3. The lowest BCUT2D eigenvalue weighted by molar-refractivity contribution is -0.560. The molecule has 2 aromatic heterocycles. The highest BCUT2D eigenvalue weighted by atomic mass is 16.6. The van der Waals surface area contributed by atoms with E-state index in [-0.39, 0.29) is 4.92 Å². The molecule has 0 aromatic carbocycles. The molecule has 0 atom stereocenters. The van der Waals surface area contributed by atoms with Gasteiger partial charge in [0.1, 0.15) is 5.65 Å². The fourth-order valence-corrected chi connectivity index (χ4v) is 1.62. The van der Waals surface area contributed by atoms with Gasteiger partial charge in [-0.15, -0.1) is 0 Å². The van der Waals surface area contributed by atoms with Gasteiger partial charge in [-0.05, 0) is 12.1 Å². The van der Waals surface area contributed by atoms with Crippen molar-refractivity contribution in [2.75, 3.05) is 0 Å². The fourth-order valence-electron chi connectivity index (χ4n) is 1.62. The van der Waals surface area contributed by atoms with E-state index in [0.29, 0.717) is 6.42 Å². The van der Waals surface area contributed by atoms with E-state index < -0.39 is 5.54 Å². The molecule has 0 saturated heterocycles. The van der Waals surface area contributed by atoms with Crippen LogP contribution in [0.4, 0.5) is 0 Å². The van der Waals surface area contributed by atoms with Crippen LogP contribution < -0.4 is 0 Å². The molecule has 2 rings (SSSR count). The summed E-state index contributed by atoms with van der Waals surface area (Å²) < 4.78 is 1.88. The molecular weight excluding hydrogens is 206 g/mol. The molecule has 0 aliphatic carbocycles. The molecule has 0 aliphatic rings. The number of pyridine rings is 1. The van der Waals surface area contributed by atoms with E-state index in [1.807, 2.05) is 28.8 Å². The van der Waals surface area contributed by atoms with Crippen LogP contribution >= 0.6 is 0 Å². The Morgan fingerprint density at radius 3 is 2.94 bits per heavy atom. The number of imidazole rings is 1. The number of hydrogen-bond acceptors (Lipinski definition) is 3. The molecule has 0 spiro atoms. The Kier molecular flexibility index (Phi) is 2.38. The predicted molar refractivity (Wildman–Crippen MR) is 60.0 cm³/mol. The standard InChI is InChI=1S/C11H13N3O2/c1-11(2,14(15)16)7-9-8-12-10-5-3-4-6-13(9)10/h3-6,8H,7H2,1-2H3. The van der Waals surface area contributed by atoms with Gasteiger partial charge in [-0.2, -0.15) is 0 Å². The summed E-state index contributed by atoms with van der Waals surface area (Å²) in [5, 5.41) is 10.9. The lowest BCUT2D eigenvalue weighted by atomic mass is 10.00. The molecule has 0 bridgehead atoms. The van der Waals surface area contributed by atoms with Gasteiger partial charge in [-0.25, -0.2) is 4.98 Å². The molecule has 2 aromatic rings. The lowest BCUT2D eigenvalue weighted by Gasteiger charge is -2.14. The van der Waals surface area contributed by atoms with Gasteiger partial charge in [-0.1, -0.05) is 6.07 Å². The van der Waals surface area contributed by atoms with E-state index in [1.165, 1.54) is 0 Å². The van der Waals surface area contributed by atoms with E-state index in [4.69, 9.17) is 0 Å². The fraction of sp³-hybridized carbons (Fsp3) is 0.364. The third-order valence-electron chi connectivity index (χ3n) is 2.60. The van der Waals surface area contributed by atoms with E-state index in [2.05, 4.69) is 4.98 Å². The molecule has 0 amide bonds. The zero-order valence-corrected chi connectivity index (χ0v) is 9.25. The minimum atomic E-state index is -0.966. The molecular formula is C11H13N3O2. The minimum Gasteiger partial charge on any atom is -0.304 e. The summed E-state index contributed by atoms with van der Waals surface area (Å²) in [5.41, 5.74) is 0.708. The molecule has 0 fully saturated rings. The van der Waals surface area contributed by atoms with Crippen molar-refractivity contribution in [3.8, 4) is 0 Å². The molecule has 0 aliphatic heterocycles. The molecule has 84 valence electrons. The zero-order chi connectivity index (χ0) is 11.8. The summed E-state index contributed by atoms with van der Waals surface area (Å²) in [4.78, 5) is 14.8. The van der Waals surface area contributed by atoms with E-state index in [0.717, 1.165) is 11.3 Å². The number of nitrogens with zero attached hydrogens (tertiary/aromatic N) is 3. The average Bonchev–Trinajstić information content (AvgIpc) is 2.61. The van der Waals surface area contributed by atoms with Crippen LogP contribution in [0.2, 0.25) is 0 Å². The van der Waals surface area contributed by atoms with Crippen molar-refractivity contribution in [1.29, 1.82) is 0 Å². The van der Waals surface area contributed by atoms with Crippen molar-refractivity contribution in [1.82, 2.24) is 9.38 Å². The van der Waals surface area contributed by atoms with Crippen LogP contribution in [0, 0.1) is 10.1 Å². The van der Waals surface area contributed by atoms with E-state index in [1.54, 1.807) is 20.0 Å². The lowest BCUT2D eigenvalue weighted by Crippen LogP contribution is -2.33. The summed E-state index contributed by atoms with van der Waals surface area (Å²) in [5.74, 6) is 0. The van der Waals surface area contributed by atoms with Gasteiger partial charge in [0.05, 0.1) is 6.42 Å². The van der Waals surface area contributed by atoms with Gasteiger partial charge in [0.2, 0.25) is 5.54 Å². The second kappa shape index (κ2) is 3.59.